The number of piperidine rings is 1. The van der Waals surface area contributed by atoms with E-state index in [1.165, 1.54) is 0 Å². The molecule has 1 aromatic heterocycles. The highest BCUT2D eigenvalue weighted by atomic mass is 16.2. The van der Waals surface area contributed by atoms with Crippen molar-refractivity contribution in [3.8, 4) is 0 Å². The largest absolute Gasteiger partial charge is 0.356 e. The van der Waals surface area contributed by atoms with E-state index in [2.05, 4.69) is 20.5 Å². The van der Waals surface area contributed by atoms with Gasteiger partial charge in [-0.3, -0.25) is 9.59 Å². The third-order valence-electron chi connectivity index (χ3n) is 5.11. The minimum Gasteiger partial charge on any atom is -0.356 e. The molecule has 2 amide bonds. The maximum Gasteiger partial charge on any atom is 0.253 e. The van der Waals surface area contributed by atoms with E-state index < -0.39 is 0 Å². The molecule has 2 fully saturated rings. The van der Waals surface area contributed by atoms with Gasteiger partial charge in [0.2, 0.25) is 0 Å². The standard InChI is InChI=1S/C21H24N4O2/c26-20(15-4-2-1-3-5-15)24-18-10-12-25(13-11-18)19-9-6-16(14-22-19)21(27)23-17-7-8-17/h1-6,9,14,17-18H,7-8,10-13H2,(H,23,27)(H,24,26). The lowest BCUT2D eigenvalue weighted by Gasteiger charge is -2.33. The van der Waals surface area contributed by atoms with Crippen LogP contribution < -0.4 is 15.5 Å². The molecule has 1 saturated carbocycles. The fraction of sp³-hybridized carbons (Fsp3) is 0.381. The molecule has 0 unspecified atom stereocenters. The second kappa shape index (κ2) is 7.78. The number of carbonyl (C=O) groups is 2. The Morgan fingerprint density at radius 2 is 1.44 bits per heavy atom. The molecular weight excluding hydrogens is 340 g/mol. The third kappa shape index (κ3) is 4.45. The lowest BCUT2D eigenvalue weighted by Crippen LogP contribution is -2.45. The van der Waals surface area contributed by atoms with Gasteiger partial charge in [-0.15, -0.1) is 0 Å². The zero-order valence-electron chi connectivity index (χ0n) is 15.2. The lowest BCUT2D eigenvalue weighted by molar-refractivity contribution is 0.0928. The van der Waals surface area contributed by atoms with Crippen molar-refractivity contribution in [3.05, 3.63) is 59.8 Å². The van der Waals surface area contributed by atoms with Crippen LogP contribution in [0.1, 0.15) is 46.4 Å². The molecule has 1 saturated heterocycles. The Labute approximate surface area is 159 Å². The van der Waals surface area contributed by atoms with Crippen molar-refractivity contribution in [2.75, 3.05) is 18.0 Å². The van der Waals surface area contributed by atoms with E-state index in [1.807, 2.05) is 42.5 Å². The third-order valence-corrected chi connectivity index (χ3v) is 5.11. The minimum absolute atomic E-state index is 0.0156. The SMILES string of the molecule is O=C(NC1CC1)c1ccc(N2CCC(NC(=O)c3ccccc3)CC2)nc1. The molecule has 4 rings (SSSR count). The quantitative estimate of drug-likeness (QED) is 0.854. The summed E-state index contributed by atoms with van der Waals surface area (Å²) >= 11 is 0. The summed E-state index contributed by atoms with van der Waals surface area (Å²) in [5.74, 6) is 0.822. The molecule has 0 spiro atoms. The molecule has 2 N–H and O–H groups in total. The van der Waals surface area contributed by atoms with Crippen LogP contribution in [0.3, 0.4) is 0 Å². The summed E-state index contributed by atoms with van der Waals surface area (Å²) in [4.78, 5) is 31.0. The summed E-state index contributed by atoms with van der Waals surface area (Å²) in [6, 6.07) is 13.6. The summed E-state index contributed by atoms with van der Waals surface area (Å²) in [6.45, 7) is 1.67. The number of aromatic nitrogens is 1. The van der Waals surface area contributed by atoms with Crippen LogP contribution in [0.5, 0.6) is 0 Å². The lowest BCUT2D eigenvalue weighted by atomic mass is 10.0. The van der Waals surface area contributed by atoms with Crippen molar-refractivity contribution >= 4 is 17.6 Å². The number of anilines is 1. The molecule has 2 heterocycles. The number of nitrogens with zero attached hydrogens (tertiary/aromatic N) is 2. The molecule has 2 aromatic rings. The first-order valence-electron chi connectivity index (χ1n) is 9.57. The predicted octanol–water partition coefficient (Wildman–Crippen LogP) is 2.37. The van der Waals surface area contributed by atoms with Crippen molar-refractivity contribution in [3.63, 3.8) is 0 Å². The van der Waals surface area contributed by atoms with Crippen LogP contribution in [0, 0.1) is 0 Å². The summed E-state index contributed by atoms with van der Waals surface area (Å²) in [7, 11) is 0. The molecule has 6 heteroatoms. The fourth-order valence-electron chi connectivity index (χ4n) is 3.32. The van der Waals surface area contributed by atoms with Crippen molar-refractivity contribution in [2.45, 2.75) is 37.8 Å². The molecule has 0 radical (unpaired) electrons. The van der Waals surface area contributed by atoms with Crippen LogP contribution in [-0.2, 0) is 0 Å². The maximum absolute atomic E-state index is 12.3. The Balaban J connectivity index is 1.28. The average Bonchev–Trinajstić information content (AvgIpc) is 3.53. The number of pyridine rings is 1. The van der Waals surface area contributed by atoms with Crippen LogP contribution in [-0.4, -0.2) is 42.0 Å². The van der Waals surface area contributed by atoms with Crippen LogP contribution in [0.15, 0.2) is 48.7 Å². The molecule has 1 aliphatic heterocycles. The van der Waals surface area contributed by atoms with Gasteiger partial charge >= 0.3 is 0 Å². The second-order valence-corrected chi connectivity index (χ2v) is 7.25. The van der Waals surface area contributed by atoms with Crippen molar-refractivity contribution in [2.24, 2.45) is 0 Å². The maximum atomic E-state index is 12.3. The smallest absolute Gasteiger partial charge is 0.253 e. The summed E-state index contributed by atoms with van der Waals surface area (Å²) in [6.07, 6.45) is 5.56. The highest BCUT2D eigenvalue weighted by Crippen LogP contribution is 2.21. The topological polar surface area (TPSA) is 74.3 Å². The fourth-order valence-corrected chi connectivity index (χ4v) is 3.32. The van der Waals surface area contributed by atoms with E-state index in [0.29, 0.717) is 17.2 Å². The van der Waals surface area contributed by atoms with E-state index >= 15 is 0 Å². The number of hydrogen-bond acceptors (Lipinski definition) is 4. The monoisotopic (exact) mass is 364 g/mol. The van der Waals surface area contributed by atoms with Gasteiger partial charge in [0.1, 0.15) is 5.82 Å². The number of amides is 2. The van der Waals surface area contributed by atoms with Crippen molar-refractivity contribution < 1.29 is 9.59 Å². The molecule has 140 valence electrons. The molecule has 6 nitrogen and oxygen atoms in total. The van der Waals surface area contributed by atoms with Gasteiger partial charge in [0.25, 0.3) is 11.8 Å². The molecule has 0 atom stereocenters. The van der Waals surface area contributed by atoms with Gasteiger partial charge in [-0.2, -0.15) is 0 Å². The van der Waals surface area contributed by atoms with Gasteiger partial charge in [0, 0.05) is 36.9 Å². The molecule has 1 aromatic carbocycles. The van der Waals surface area contributed by atoms with Crippen LogP contribution in [0.25, 0.3) is 0 Å². The Morgan fingerprint density at radius 3 is 2.04 bits per heavy atom. The molecule has 0 bridgehead atoms. The first kappa shape index (κ1) is 17.5. The molecule has 27 heavy (non-hydrogen) atoms. The van der Waals surface area contributed by atoms with Gasteiger partial charge in [-0.1, -0.05) is 18.2 Å². The van der Waals surface area contributed by atoms with E-state index in [9.17, 15) is 9.59 Å². The Kier molecular flexibility index (Phi) is 5.05. The van der Waals surface area contributed by atoms with Crippen molar-refractivity contribution in [1.82, 2.24) is 15.6 Å². The van der Waals surface area contributed by atoms with Crippen molar-refractivity contribution in [1.29, 1.82) is 0 Å². The molecule has 2 aliphatic rings. The minimum atomic E-state index is -0.0427. The van der Waals surface area contributed by atoms with Crippen LogP contribution >= 0.6 is 0 Å². The van der Waals surface area contributed by atoms with E-state index in [4.69, 9.17) is 0 Å². The predicted molar refractivity (Wildman–Crippen MR) is 104 cm³/mol. The zero-order chi connectivity index (χ0) is 18.6. The average molecular weight is 364 g/mol. The first-order valence-corrected chi connectivity index (χ1v) is 9.57. The first-order chi connectivity index (χ1) is 13.2. The summed E-state index contributed by atoms with van der Waals surface area (Å²) in [5, 5.41) is 6.09. The summed E-state index contributed by atoms with van der Waals surface area (Å²) in [5.41, 5.74) is 1.30. The van der Waals surface area contributed by atoms with Gasteiger partial charge in [-0.25, -0.2) is 4.98 Å². The van der Waals surface area contributed by atoms with Gasteiger partial charge < -0.3 is 15.5 Å². The summed E-state index contributed by atoms with van der Waals surface area (Å²) < 4.78 is 0. The number of benzene rings is 1. The second-order valence-electron chi connectivity index (χ2n) is 7.25. The van der Waals surface area contributed by atoms with Crippen LogP contribution in [0.4, 0.5) is 5.82 Å². The van der Waals surface area contributed by atoms with Gasteiger partial charge in [0.15, 0.2) is 0 Å². The number of rotatable bonds is 5. The molecule has 1 aliphatic carbocycles. The molecular formula is C21H24N4O2. The Morgan fingerprint density at radius 1 is 0.815 bits per heavy atom. The van der Waals surface area contributed by atoms with E-state index in [1.54, 1.807) is 6.20 Å². The highest BCUT2D eigenvalue weighted by Gasteiger charge is 2.25. The number of carbonyl (C=O) groups excluding carboxylic acids is 2. The zero-order valence-corrected chi connectivity index (χ0v) is 15.2. The normalized spacial score (nSPS) is 17.4. The van der Waals surface area contributed by atoms with E-state index in [-0.39, 0.29) is 17.9 Å². The Hall–Kier alpha value is -2.89. The van der Waals surface area contributed by atoms with Crippen LogP contribution in [0.2, 0.25) is 0 Å². The highest BCUT2D eigenvalue weighted by molar-refractivity contribution is 5.94. The van der Waals surface area contributed by atoms with E-state index in [0.717, 1.165) is 44.6 Å². The van der Waals surface area contributed by atoms with Gasteiger partial charge in [0.05, 0.1) is 5.56 Å². The van der Waals surface area contributed by atoms with Gasteiger partial charge in [-0.05, 0) is 49.9 Å². The number of hydrogen-bond donors (Lipinski definition) is 2. The number of nitrogens with one attached hydrogen (secondary N) is 2. The Bertz CT molecular complexity index is 795.